The van der Waals surface area contributed by atoms with Crippen LogP contribution in [0.15, 0.2) is 57.5 Å². The molecule has 5 rings (SSSR count). The number of hydrogen-bond acceptors (Lipinski definition) is 9. The molecule has 0 bridgehead atoms. The Morgan fingerprint density at radius 2 is 2.13 bits per heavy atom. The largest absolute Gasteiger partial charge is 0.341 e. The number of piperidine rings is 1. The SMILES string of the molecule is Cn1c(=O)n(CC(=C[N+](=O)[O-])Nc2ccccn2)c(=O)c2c1nc(N1CCCC(N)C1)n2CC1=CCCC1. The molecule has 1 fully saturated rings. The van der Waals surface area contributed by atoms with Crippen LogP contribution in [0.5, 0.6) is 0 Å². The van der Waals surface area contributed by atoms with Gasteiger partial charge in [0.25, 0.3) is 11.8 Å². The van der Waals surface area contributed by atoms with Gasteiger partial charge in [0.1, 0.15) is 11.5 Å². The van der Waals surface area contributed by atoms with Crippen LogP contribution in [-0.2, 0) is 20.1 Å². The van der Waals surface area contributed by atoms with Crippen LogP contribution >= 0.6 is 0 Å². The summed E-state index contributed by atoms with van der Waals surface area (Å²) >= 11 is 0. The van der Waals surface area contributed by atoms with Gasteiger partial charge in [-0.1, -0.05) is 17.7 Å². The normalized spacial score (nSPS) is 18.2. The molecule has 0 spiro atoms. The predicted molar refractivity (Wildman–Crippen MR) is 144 cm³/mol. The number of nitro groups is 1. The van der Waals surface area contributed by atoms with Crippen molar-refractivity contribution < 1.29 is 4.92 Å². The minimum atomic E-state index is -0.631. The highest BCUT2D eigenvalue weighted by molar-refractivity contribution is 5.75. The molecule has 2 aliphatic rings. The summed E-state index contributed by atoms with van der Waals surface area (Å²) in [4.78, 5) is 49.0. The average Bonchev–Trinajstić information content (AvgIpc) is 3.54. The zero-order valence-corrected chi connectivity index (χ0v) is 21.2. The molecule has 3 aromatic heterocycles. The van der Waals surface area contributed by atoms with E-state index in [-0.39, 0.29) is 29.4 Å². The maximum atomic E-state index is 13.9. The summed E-state index contributed by atoms with van der Waals surface area (Å²) in [6, 6.07) is 5.07. The highest BCUT2D eigenvalue weighted by atomic mass is 16.6. The third-order valence-electron chi connectivity index (χ3n) is 6.99. The van der Waals surface area contributed by atoms with Crippen LogP contribution in [0, 0.1) is 10.1 Å². The zero-order chi connectivity index (χ0) is 26.8. The van der Waals surface area contributed by atoms with Crippen LogP contribution in [0.4, 0.5) is 11.8 Å². The summed E-state index contributed by atoms with van der Waals surface area (Å²) in [6.45, 7) is 1.50. The fourth-order valence-corrected chi connectivity index (χ4v) is 5.18. The third-order valence-corrected chi connectivity index (χ3v) is 6.99. The van der Waals surface area contributed by atoms with E-state index in [1.165, 1.54) is 16.3 Å². The van der Waals surface area contributed by atoms with E-state index in [4.69, 9.17) is 10.7 Å². The van der Waals surface area contributed by atoms with Crippen molar-refractivity contribution >= 4 is 22.9 Å². The van der Waals surface area contributed by atoms with E-state index >= 15 is 0 Å². The summed E-state index contributed by atoms with van der Waals surface area (Å²) < 4.78 is 4.21. The minimum Gasteiger partial charge on any atom is -0.341 e. The molecule has 1 unspecified atom stereocenters. The number of nitrogens with two attached hydrogens (primary N) is 1. The smallest absolute Gasteiger partial charge is 0.332 e. The Kier molecular flexibility index (Phi) is 7.09. The van der Waals surface area contributed by atoms with Crippen molar-refractivity contribution in [2.45, 2.75) is 51.2 Å². The van der Waals surface area contributed by atoms with E-state index in [9.17, 15) is 19.7 Å². The molecule has 3 aromatic rings. The highest BCUT2D eigenvalue weighted by Gasteiger charge is 2.27. The molecule has 0 saturated carbocycles. The first-order valence-corrected chi connectivity index (χ1v) is 12.7. The van der Waals surface area contributed by atoms with Crippen LogP contribution in [0.2, 0.25) is 0 Å². The van der Waals surface area contributed by atoms with Gasteiger partial charge in [0.15, 0.2) is 11.2 Å². The molecule has 0 radical (unpaired) electrons. The van der Waals surface area contributed by atoms with Crippen LogP contribution in [0.1, 0.15) is 32.1 Å². The number of aryl methyl sites for hydroxylation is 1. The predicted octanol–water partition coefficient (Wildman–Crippen LogP) is 1.56. The number of pyridine rings is 1. The molecule has 1 saturated heterocycles. The van der Waals surface area contributed by atoms with E-state index in [1.807, 2.05) is 4.57 Å². The van der Waals surface area contributed by atoms with E-state index in [0.29, 0.717) is 24.9 Å². The van der Waals surface area contributed by atoms with E-state index in [1.54, 1.807) is 25.2 Å². The molecular formula is C25H31N9O4. The summed E-state index contributed by atoms with van der Waals surface area (Å²) in [7, 11) is 1.56. The van der Waals surface area contributed by atoms with Gasteiger partial charge in [0, 0.05) is 38.9 Å². The van der Waals surface area contributed by atoms with Crippen molar-refractivity contribution in [3.63, 3.8) is 0 Å². The zero-order valence-electron chi connectivity index (χ0n) is 21.2. The second-order valence-electron chi connectivity index (χ2n) is 9.79. The summed E-state index contributed by atoms with van der Waals surface area (Å²) in [5, 5.41) is 14.2. The molecule has 13 heteroatoms. The maximum Gasteiger partial charge on any atom is 0.332 e. The lowest BCUT2D eigenvalue weighted by Gasteiger charge is -2.32. The fraction of sp³-hybridized carbons (Fsp3) is 0.440. The minimum absolute atomic E-state index is 0.00400. The number of rotatable bonds is 8. The lowest BCUT2D eigenvalue weighted by molar-refractivity contribution is -0.403. The van der Waals surface area contributed by atoms with Gasteiger partial charge < -0.3 is 20.5 Å². The number of fused-ring (bicyclic) bond motifs is 1. The molecule has 1 atom stereocenters. The van der Waals surface area contributed by atoms with Gasteiger partial charge in [-0.15, -0.1) is 0 Å². The Bertz CT molecular complexity index is 1530. The number of imidazole rings is 1. The number of anilines is 2. The van der Waals surface area contributed by atoms with E-state index < -0.39 is 16.2 Å². The molecule has 13 nitrogen and oxygen atoms in total. The van der Waals surface area contributed by atoms with Crippen molar-refractivity contribution in [1.82, 2.24) is 23.7 Å². The van der Waals surface area contributed by atoms with Gasteiger partial charge in [-0.25, -0.2) is 9.78 Å². The molecule has 200 valence electrons. The van der Waals surface area contributed by atoms with Crippen molar-refractivity contribution in [3.8, 4) is 0 Å². The van der Waals surface area contributed by atoms with Crippen LogP contribution in [-0.4, -0.2) is 47.7 Å². The number of nitrogens with one attached hydrogen (secondary N) is 1. The first kappa shape index (κ1) is 25.4. The Morgan fingerprint density at radius 3 is 2.82 bits per heavy atom. The average molecular weight is 522 g/mol. The second kappa shape index (κ2) is 10.6. The van der Waals surface area contributed by atoms with Gasteiger partial charge in [-0.05, 0) is 44.2 Å². The molecule has 1 aliphatic heterocycles. The molecular weight excluding hydrogens is 490 g/mol. The summed E-state index contributed by atoms with van der Waals surface area (Å²) in [6.07, 6.45) is 9.27. The molecule has 4 heterocycles. The van der Waals surface area contributed by atoms with Gasteiger partial charge in [-0.2, -0.15) is 4.98 Å². The lowest BCUT2D eigenvalue weighted by Crippen LogP contribution is -2.44. The lowest BCUT2D eigenvalue weighted by atomic mass is 10.1. The highest BCUT2D eigenvalue weighted by Crippen LogP contribution is 2.27. The van der Waals surface area contributed by atoms with Crippen molar-refractivity contribution in [1.29, 1.82) is 0 Å². The molecule has 3 N–H and O–H groups in total. The standard InChI is InChI=1S/C25H31N9O4/c1-30-22-21(32(13-17-7-2-3-8-17)24(29-22)31-12-6-9-18(26)14-31)23(35)33(25(30)36)15-19(16-34(37)38)28-20-10-4-5-11-27-20/h4-5,7,10-11,16,18H,2-3,6,8-9,12-15,26H2,1H3,(H,27,28). The van der Waals surface area contributed by atoms with Gasteiger partial charge in [0.2, 0.25) is 5.95 Å². The summed E-state index contributed by atoms with van der Waals surface area (Å²) in [5.74, 6) is 0.967. The fourth-order valence-electron chi connectivity index (χ4n) is 5.18. The Morgan fingerprint density at radius 1 is 1.29 bits per heavy atom. The number of hydrogen-bond donors (Lipinski definition) is 2. The first-order valence-electron chi connectivity index (χ1n) is 12.7. The molecule has 38 heavy (non-hydrogen) atoms. The van der Waals surface area contributed by atoms with Crippen molar-refractivity contribution in [3.05, 3.63) is 78.9 Å². The van der Waals surface area contributed by atoms with Crippen LogP contribution in [0.3, 0.4) is 0 Å². The maximum absolute atomic E-state index is 13.9. The van der Waals surface area contributed by atoms with Crippen LogP contribution < -0.4 is 27.2 Å². The Hall–Kier alpha value is -4.26. The summed E-state index contributed by atoms with van der Waals surface area (Å²) in [5.41, 5.74) is 6.89. The van der Waals surface area contributed by atoms with Gasteiger partial charge in [-0.3, -0.25) is 24.0 Å². The van der Waals surface area contributed by atoms with Gasteiger partial charge >= 0.3 is 5.69 Å². The van der Waals surface area contributed by atoms with E-state index in [0.717, 1.165) is 49.4 Å². The van der Waals surface area contributed by atoms with E-state index in [2.05, 4.69) is 21.3 Å². The third kappa shape index (κ3) is 5.09. The molecule has 0 aromatic carbocycles. The van der Waals surface area contributed by atoms with Crippen LogP contribution in [0.25, 0.3) is 11.2 Å². The molecule has 0 amide bonds. The molecule has 1 aliphatic carbocycles. The Balaban J connectivity index is 1.64. The van der Waals surface area contributed by atoms with Crippen molar-refractivity contribution in [2.75, 3.05) is 23.3 Å². The topological polar surface area (TPSA) is 159 Å². The quantitative estimate of drug-likeness (QED) is 0.255. The Labute approximate surface area is 218 Å². The van der Waals surface area contributed by atoms with Crippen molar-refractivity contribution in [2.24, 2.45) is 12.8 Å². The number of aromatic nitrogens is 5. The first-order chi connectivity index (χ1) is 18.3. The number of nitrogens with zero attached hydrogens (tertiary/aromatic N) is 7. The van der Waals surface area contributed by atoms with Gasteiger partial charge in [0.05, 0.1) is 11.5 Å². The second-order valence-corrected chi connectivity index (χ2v) is 9.79. The number of allylic oxidation sites excluding steroid dienone is 3. The monoisotopic (exact) mass is 521 g/mol.